The van der Waals surface area contributed by atoms with Crippen LogP contribution in [0.25, 0.3) is 5.65 Å². The minimum absolute atomic E-state index is 0.608. The molecule has 0 N–H and O–H groups in total. The van der Waals surface area contributed by atoms with Crippen LogP contribution in [-0.2, 0) is 6.54 Å². The number of ether oxygens (including phenoxy) is 2. The van der Waals surface area contributed by atoms with Gasteiger partial charge < -0.3 is 14.4 Å². The summed E-state index contributed by atoms with van der Waals surface area (Å²) in [4.78, 5) is 1.98. The normalized spacial score (nSPS) is 10.7. The van der Waals surface area contributed by atoms with Gasteiger partial charge in [-0.25, -0.2) is 0 Å². The fourth-order valence-corrected chi connectivity index (χ4v) is 2.26. The number of aromatic nitrogens is 5. The van der Waals surface area contributed by atoms with E-state index in [1.807, 2.05) is 42.3 Å². The van der Waals surface area contributed by atoms with Gasteiger partial charge in [0.1, 0.15) is 0 Å². The van der Waals surface area contributed by atoms with Gasteiger partial charge in [0.25, 0.3) is 0 Å². The molecule has 0 saturated carbocycles. The number of anilines is 1. The van der Waals surface area contributed by atoms with Gasteiger partial charge in [-0.1, -0.05) is 12.1 Å². The van der Waals surface area contributed by atoms with Crippen molar-refractivity contribution in [1.29, 1.82) is 0 Å². The second-order valence-corrected chi connectivity index (χ2v) is 4.73. The van der Waals surface area contributed by atoms with Gasteiger partial charge in [0.2, 0.25) is 0 Å². The summed E-state index contributed by atoms with van der Waals surface area (Å²) in [6.45, 7) is 0.612. The Morgan fingerprint density at radius 1 is 1.14 bits per heavy atom. The predicted molar refractivity (Wildman–Crippen MR) is 80.2 cm³/mol. The second kappa shape index (κ2) is 5.84. The quantitative estimate of drug-likeness (QED) is 0.700. The summed E-state index contributed by atoms with van der Waals surface area (Å²) in [5.41, 5.74) is 1.61. The number of hydrogen-bond donors (Lipinski definition) is 0. The van der Waals surface area contributed by atoms with E-state index >= 15 is 0 Å². The van der Waals surface area contributed by atoms with Crippen LogP contribution in [0.2, 0.25) is 0 Å². The molecule has 0 fully saturated rings. The number of nitrogens with zero attached hydrogens (tertiary/aromatic N) is 6. The van der Waals surface area contributed by atoms with E-state index in [0.29, 0.717) is 17.9 Å². The van der Waals surface area contributed by atoms with Crippen LogP contribution < -0.4 is 14.4 Å². The lowest BCUT2D eigenvalue weighted by Crippen LogP contribution is -2.19. The maximum Gasteiger partial charge on any atom is 0.200 e. The smallest absolute Gasteiger partial charge is 0.200 e. The van der Waals surface area contributed by atoms with E-state index in [2.05, 4.69) is 20.6 Å². The summed E-state index contributed by atoms with van der Waals surface area (Å²) >= 11 is 0. The van der Waals surface area contributed by atoms with E-state index in [1.54, 1.807) is 14.2 Å². The Morgan fingerprint density at radius 3 is 2.77 bits per heavy atom. The Balaban J connectivity index is 1.88. The molecule has 0 aliphatic carbocycles. The molecule has 0 amide bonds. The van der Waals surface area contributed by atoms with Gasteiger partial charge in [-0.3, -0.25) is 0 Å². The average molecular weight is 300 g/mol. The molecule has 2 heterocycles. The zero-order valence-corrected chi connectivity index (χ0v) is 12.6. The highest BCUT2D eigenvalue weighted by Gasteiger charge is 2.13. The zero-order valence-electron chi connectivity index (χ0n) is 12.6. The van der Waals surface area contributed by atoms with E-state index in [4.69, 9.17) is 9.47 Å². The molecule has 0 spiro atoms. The van der Waals surface area contributed by atoms with Crippen molar-refractivity contribution in [3.8, 4) is 11.5 Å². The molecule has 8 nitrogen and oxygen atoms in total. The summed E-state index contributed by atoms with van der Waals surface area (Å²) in [5, 5.41) is 15.6. The first kappa shape index (κ1) is 14.1. The molecule has 22 heavy (non-hydrogen) atoms. The minimum atomic E-state index is 0.608. The molecule has 8 heteroatoms. The molecule has 0 aliphatic heterocycles. The first-order valence-electron chi connectivity index (χ1n) is 6.69. The van der Waals surface area contributed by atoms with Crippen molar-refractivity contribution < 1.29 is 9.47 Å². The van der Waals surface area contributed by atoms with Gasteiger partial charge in [0.15, 0.2) is 23.0 Å². The Labute approximate surface area is 127 Å². The molecule has 114 valence electrons. The van der Waals surface area contributed by atoms with Crippen molar-refractivity contribution >= 4 is 11.5 Å². The van der Waals surface area contributed by atoms with E-state index < -0.39 is 0 Å². The van der Waals surface area contributed by atoms with Crippen LogP contribution in [-0.4, -0.2) is 46.5 Å². The fourth-order valence-electron chi connectivity index (χ4n) is 2.26. The Bertz CT molecular complexity index is 788. The first-order valence-corrected chi connectivity index (χ1v) is 6.69. The monoisotopic (exact) mass is 300 g/mol. The summed E-state index contributed by atoms with van der Waals surface area (Å²) < 4.78 is 12.2. The molecule has 0 aliphatic rings. The third kappa shape index (κ3) is 2.50. The van der Waals surface area contributed by atoms with Crippen LogP contribution in [0.3, 0.4) is 0 Å². The maximum absolute atomic E-state index is 5.45. The second-order valence-electron chi connectivity index (χ2n) is 4.73. The topological polar surface area (TPSA) is 77.7 Å². The number of tetrazole rings is 1. The van der Waals surface area contributed by atoms with Crippen molar-refractivity contribution in [2.45, 2.75) is 6.54 Å². The maximum atomic E-state index is 5.45. The summed E-state index contributed by atoms with van der Waals surface area (Å²) in [7, 11) is 5.20. The molecule has 1 aromatic carbocycles. The van der Waals surface area contributed by atoms with Gasteiger partial charge >= 0.3 is 0 Å². The van der Waals surface area contributed by atoms with Gasteiger partial charge in [-0.15, -0.1) is 14.8 Å². The van der Waals surface area contributed by atoms with E-state index in [1.165, 1.54) is 4.63 Å². The lowest BCUT2D eigenvalue weighted by molar-refractivity contribution is 0.351. The number of methoxy groups -OCH3 is 2. The molecule has 0 saturated heterocycles. The van der Waals surface area contributed by atoms with Crippen molar-refractivity contribution in [1.82, 2.24) is 25.3 Å². The van der Waals surface area contributed by atoms with Crippen LogP contribution in [0.1, 0.15) is 5.56 Å². The van der Waals surface area contributed by atoms with Crippen molar-refractivity contribution in [2.75, 3.05) is 26.2 Å². The fraction of sp³-hybridized carbons (Fsp3) is 0.286. The van der Waals surface area contributed by atoms with Crippen molar-refractivity contribution in [2.24, 2.45) is 0 Å². The summed E-state index contributed by atoms with van der Waals surface area (Å²) in [5.74, 6) is 2.18. The Hall–Kier alpha value is -2.90. The van der Waals surface area contributed by atoms with Crippen LogP contribution in [0, 0.1) is 0 Å². The van der Waals surface area contributed by atoms with Crippen molar-refractivity contribution in [3.05, 3.63) is 35.9 Å². The molecule has 3 aromatic rings. The predicted octanol–water partition coefficient (Wildman–Crippen LogP) is 1.17. The van der Waals surface area contributed by atoms with Gasteiger partial charge in [0.05, 0.1) is 14.2 Å². The third-order valence-electron chi connectivity index (χ3n) is 3.34. The Morgan fingerprint density at radius 2 is 2.00 bits per heavy atom. The van der Waals surface area contributed by atoms with E-state index in [-0.39, 0.29) is 0 Å². The highest BCUT2D eigenvalue weighted by molar-refractivity contribution is 5.50. The molecule has 2 aromatic heterocycles. The van der Waals surface area contributed by atoms with Gasteiger partial charge in [-0.05, 0) is 28.6 Å². The lowest BCUT2D eigenvalue weighted by atomic mass is 10.1. The number of benzene rings is 1. The average Bonchev–Trinajstić information content (AvgIpc) is 3.02. The lowest BCUT2D eigenvalue weighted by Gasteiger charge is -2.20. The van der Waals surface area contributed by atoms with Gasteiger partial charge in [0, 0.05) is 19.2 Å². The number of hydrogen-bond acceptors (Lipinski definition) is 7. The van der Waals surface area contributed by atoms with Gasteiger partial charge in [-0.2, -0.15) is 0 Å². The molecule has 3 rings (SSSR count). The largest absolute Gasteiger partial charge is 0.493 e. The number of para-hydroxylation sites is 1. The van der Waals surface area contributed by atoms with Crippen LogP contribution in [0.15, 0.2) is 30.3 Å². The first-order chi connectivity index (χ1) is 10.7. The molecular weight excluding hydrogens is 284 g/mol. The summed E-state index contributed by atoms with van der Waals surface area (Å²) in [6, 6.07) is 9.49. The van der Waals surface area contributed by atoms with Crippen molar-refractivity contribution in [3.63, 3.8) is 0 Å². The molecule has 0 radical (unpaired) electrons. The van der Waals surface area contributed by atoms with Crippen LogP contribution >= 0.6 is 0 Å². The van der Waals surface area contributed by atoms with Crippen LogP contribution in [0.4, 0.5) is 5.82 Å². The molecule has 0 bridgehead atoms. The van der Waals surface area contributed by atoms with Crippen LogP contribution in [0.5, 0.6) is 11.5 Å². The molecule has 0 atom stereocenters. The summed E-state index contributed by atoms with van der Waals surface area (Å²) in [6.07, 6.45) is 0. The minimum Gasteiger partial charge on any atom is -0.493 e. The third-order valence-corrected chi connectivity index (χ3v) is 3.34. The number of rotatable bonds is 5. The van der Waals surface area contributed by atoms with E-state index in [0.717, 1.165) is 17.1 Å². The number of fused-ring (bicyclic) bond motifs is 1. The SMILES string of the molecule is COc1cccc(CN(C)c2ccc3nnnn3n2)c1OC. The van der Waals surface area contributed by atoms with E-state index in [9.17, 15) is 0 Å². The zero-order chi connectivity index (χ0) is 15.5. The highest BCUT2D eigenvalue weighted by Crippen LogP contribution is 2.31. The Kier molecular flexibility index (Phi) is 3.73. The standard InChI is InChI=1S/C14H16N6O2/c1-19(13-8-7-12-15-17-18-20(12)16-13)9-10-5-4-6-11(21-2)14(10)22-3/h4-8H,9H2,1-3H3. The molecular formula is C14H16N6O2. The molecule has 0 unspecified atom stereocenters. The highest BCUT2D eigenvalue weighted by atomic mass is 16.5.